The molecule has 130 valence electrons. The van der Waals surface area contributed by atoms with Gasteiger partial charge in [-0.25, -0.2) is 9.98 Å². The molecule has 0 saturated carbocycles. The maximum Gasteiger partial charge on any atom is 0.149 e. The summed E-state index contributed by atoms with van der Waals surface area (Å²) in [5.74, 6) is 2.12. The molecule has 0 amide bonds. The van der Waals surface area contributed by atoms with Gasteiger partial charge in [0.25, 0.3) is 0 Å². The molecule has 5 rings (SSSR count). The Morgan fingerprint density at radius 3 is 2.73 bits per heavy atom. The Kier molecular flexibility index (Phi) is 3.47. The van der Waals surface area contributed by atoms with Gasteiger partial charge in [-0.15, -0.1) is 11.3 Å². The highest BCUT2D eigenvalue weighted by Gasteiger charge is 2.31. The van der Waals surface area contributed by atoms with Gasteiger partial charge in [0.2, 0.25) is 0 Å². The second kappa shape index (κ2) is 5.74. The molecule has 0 atom stereocenters. The summed E-state index contributed by atoms with van der Waals surface area (Å²) in [6.45, 7) is 8.20. The van der Waals surface area contributed by atoms with Gasteiger partial charge >= 0.3 is 0 Å². The van der Waals surface area contributed by atoms with Crippen LogP contribution in [0.2, 0.25) is 0 Å². The minimum absolute atomic E-state index is 0.848. The third-order valence-corrected chi connectivity index (χ3v) is 6.40. The van der Waals surface area contributed by atoms with E-state index in [0.29, 0.717) is 0 Å². The van der Waals surface area contributed by atoms with Crippen molar-refractivity contribution in [1.29, 1.82) is 0 Å². The number of hydrogen-bond acceptors (Lipinski definition) is 5. The van der Waals surface area contributed by atoms with Gasteiger partial charge in [-0.1, -0.05) is 30.3 Å². The fourth-order valence-electron chi connectivity index (χ4n) is 3.97. The lowest BCUT2D eigenvalue weighted by molar-refractivity contribution is 0.659. The molecule has 1 aromatic carbocycles. The molecule has 0 radical (unpaired) electrons. The third-order valence-electron chi connectivity index (χ3n) is 5.33. The molecule has 0 unspecified atom stereocenters. The number of aromatic nitrogens is 1. The molecule has 2 aliphatic heterocycles. The van der Waals surface area contributed by atoms with E-state index in [1.54, 1.807) is 11.3 Å². The Morgan fingerprint density at radius 1 is 1.12 bits per heavy atom. The molecule has 3 aromatic rings. The molecule has 0 fully saturated rings. The minimum Gasteiger partial charge on any atom is -0.312 e. The van der Waals surface area contributed by atoms with Crippen molar-refractivity contribution in [3.05, 3.63) is 57.6 Å². The van der Waals surface area contributed by atoms with Gasteiger partial charge in [0, 0.05) is 17.6 Å². The Balaban J connectivity index is 1.73. The summed E-state index contributed by atoms with van der Waals surface area (Å²) in [5, 5.41) is 1.20. The molecule has 5 heteroatoms. The van der Waals surface area contributed by atoms with E-state index in [0.717, 1.165) is 47.4 Å². The van der Waals surface area contributed by atoms with Crippen LogP contribution in [0.25, 0.3) is 10.2 Å². The van der Waals surface area contributed by atoms with E-state index in [1.165, 1.54) is 27.0 Å². The topological polar surface area (TPSA) is 40.9 Å². The molecule has 0 N–H and O–H groups in total. The molecule has 0 saturated heterocycles. The number of amidine groups is 2. The van der Waals surface area contributed by atoms with E-state index < -0.39 is 0 Å². The van der Waals surface area contributed by atoms with Gasteiger partial charge in [0.05, 0.1) is 17.1 Å². The second-order valence-corrected chi connectivity index (χ2v) is 7.94. The molecule has 4 nitrogen and oxygen atoms in total. The minimum atomic E-state index is 0.848. The molecule has 26 heavy (non-hydrogen) atoms. The average Bonchev–Trinajstić information content (AvgIpc) is 3.24. The van der Waals surface area contributed by atoms with Crippen molar-refractivity contribution in [2.45, 2.75) is 27.2 Å². The van der Waals surface area contributed by atoms with Crippen LogP contribution in [0.1, 0.15) is 34.2 Å². The SMILES string of the molecule is CC1=Nc2c(sc3nc(C)c(Cc4ccccc4)c(C)c23)C2=NCCN12. The number of aliphatic imine (C=N–C) groups is 2. The predicted octanol–water partition coefficient (Wildman–Crippen LogP) is 4.63. The lowest BCUT2D eigenvalue weighted by atomic mass is 9.97. The summed E-state index contributed by atoms with van der Waals surface area (Å²) in [7, 11) is 0. The van der Waals surface area contributed by atoms with E-state index in [-0.39, 0.29) is 0 Å². The molecular weight excluding hydrogens is 340 g/mol. The number of fused-ring (bicyclic) bond motifs is 5. The number of aryl methyl sites for hydroxylation is 2. The van der Waals surface area contributed by atoms with E-state index in [1.807, 2.05) is 0 Å². The van der Waals surface area contributed by atoms with Crippen molar-refractivity contribution in [3.63, 3.8) is 0 Å². The number of benzene rings is 1. The first kappa shape index (κ1) is 15.7. The fourth-order valence-corrected chi connectivity index (χ4v) is 5.21. The van der Waals surface area contributed by atoms with Crippen molar-refractivity contribution >= 4 is 38.9 Å². The first-order valence-electron chi connectivity index (χ1n) is 8.97. The van der Waals surface area contributed by atoms with Crippen LogP contribution in [-0.2, 0) is 6.42 Å². The average molecular weight is 360 g/mol. The van der Waals surface area contributed by atoms with E-state index >= 15 is 0 Å². The largest absolute Gasteiger partial charge is 0.312 e. The maximum atomic E-state index is 4.95. The lowest BCUT2D eigenvalue weighted by Crippen LogP contribution is -2.34. The lowest BCUT2D eigenvalue weighted by Gasteiger charge is -2.23. The quantitative estimate of drug-likeness (QED) is 0.668. The number of rotatable bonds is 2. The fraction of sp³-hybridized carbons (Fsp3) is 0.286. The van der Waals surface area contributed by atoms with Crippen LogP contribution < -0.4 is 0 Å². The normalized spacial score (nSPS) is 15.7. The van der Waals surface area contributed by atoms with Crippen LogP contribution >= 0.6 is 11.3 Å². The summed E-state index contributed by atoms with van der Waals surface area (Å²) in [6, 6.07) is 10.6. The summed E-state index contributed by atoms with van der Waals surface area (Å²) in [6.07, 6.45) is 0.905. The van der Waals surface area contributed by atoms with Crippen LogP contribution in [0.5, 0.6) is 0 Å². The third kappa shape index (κ3) is 2.23. The highest BCUT2D eigenvalue weighted by atomic mass is 32.1. The standard InChI is InChI=1S/C21H20N4S/c1-12-16(11-15-7-5-4-6-8-15)13(2)23-21-17(12)18-19(26-21)20-22-9-10-25(20)14(3)24-18/h4-8H,9-11H2,1-3H3. The van der Waals surface area contributed by atoms with Gasteiger partial charge in [-0.2, -0.15) is 0 Å². The van der Waals surface area contributed by atoms with Gasteiger partial charge in [0.1, 0.15) is 16.5 Å². The Bertz CT molecular complexity index is 1090. The second-order valence-electron chi connectivity index (χ2n) is 6.94. The first-order valence-corrected chi connectivity index (χ1v) is 9.79. The van der Waals surface area contributed by atoms with Gasteiger partial charge < -0.3 is 4.90 Å². The maximum absolute atomic E-state index is 4.95. The zero-order chi connectivity index (χ0) is 17.8. The summed E-state index contributed by atoms with van der Waals surface area (Å²) in [4.78, 5) is 19.1. The smallest absolute Gasteiger partial charge is 0.149 e. The summed E-state index contributed by atoms with van der Waals surface area (Å²) >= 11 is 1.73. The van der Waals surface area contributed by atoms with Crippen LogP contribution in [0.15, 0.2) is 40.3 Å². The Morgan fingerprint density at radius 2 is 1.92 bits per heavy atom. The molecule has 2 aliphatic rings. The predicted molar refractivity (Wildman–Crippen MR) is 109 cm³/mol. The molecule has 0 spiro atoms. The summed E-state index contributed by atoms with van der Waals surface area (Å²) < 4.78 is 0. The van der Waals surface area contributed by atoms with Crippen LogP contribution in [0.3, 0.4) is 0 Å². The number of thiophene rings is 1. The molecule has 2 aromatic heterocycles. The van der Waals surface area contributed by atoms with Gasteiger partial charge in [-0.05, 0) is 43.9 Å². The zero-order valence-corrected chi connectivity index (χ0v) is 16.0. The van der Waals surface area contributed by atoms with Crippen molar-refractivity contribution in [2.24, 2.45) is 9.98 Å². The van der Waals surface area contributed by atoms with Crippen LogP contribution in [-0.4, -0.2) is 34.6 Å². The number of pyridine rings is 1. The Labute approximate surface area is 156 Å². The van der Waals surface area contributed by atoms with Crippen LogP contribution in [0, 0.1) is 13.8 Å². The van der Waals surface area contributed by atoms with E-state index in [4.69, 9.17) is 15.0 Å². The van der Waals surface area contributed by atoms with Crippen LogP contribution in [0.4, 0.5) is 5.69 Å². The monoisotopic (exact) mass is 360 g/mol. The molecule has 0 bridgehead atoms. The number of hydrogen-bond donors (Lipinski definition) is 0. The number of nitrogens with zero attached hydrogens (tertiary/aromatic N) is 4. The zero-order valence-electron chi connectivity index (χ0n) is 15.2. The van der Waals surface area contributed by atoms with Crippen molar-refractivity contribution in [3.8, 4) is 0 Å². The summed E-state index contributed by atoms with van der Waals surface area (Å²) in [5.41, 5.74) is 6.11. The first-order chi connectivity index (χ1) is 12.6. The van der Waals surface area contributed by atoms with E-state index in [9.17, 15) is 0 Å². The van der Waals surface area contributed by atoms with Crippen molar-refractivity contribution in [1.82, 2.24) is 9.88 Å². The highest BCUT2D eigenvalue weighted by molar-refractivity contribution is 7.21. The van der Waals surface area contributed by atoms with Crippen molar-refractivity contribution < 1.29 is 0 Å². The van der Waals surface area contributed by atoms with Gasteiger partial charge in [0.15, 0.2) is 0 Å². The molecule has 4 heterocycles. The van der Waals surface area contributed by atoms with Gasteiger partial charge in [-0.3, -0.25) is 4.99 Å². The molecule has 0 aliphatic carbocycles. The van der Waals surface area contributed by atoms with E-state index in [2.05, 4.69) is 56.0 Å². The Hall–Kier alpha value is -2.53. The molecular formula is C21H20N4S. The highest BCUT2D eigenvalue weighted by Crippen LogP contribution is 2.44. The van der Waals surface area contributed by atoms with Crippen molar-refractivity contribution in [2.75, 3.05) is 13.1 Å².